The van der Waals surface area contributed by atoms with E-state index < -0.39 is 23.5 Å². The molecule has 0 unspecified atom stereocenters. The fraction of sp³-hybridized carbons (Fsp3) is 0.444. The lowest BCUT2D eigenvalue weighted by Gasteiger charge is -2.19. The number of aromatic nitrogens is 2. The summed E-state index contributed by atoms with van der Waals surface area (Å²) in [6.07, 6.45) is 3.87. The molecule has 1 aromatic carbocycles. The van der Waals surface area contributed by atoms with Crippen molar-refractivity contribution in [2.24, 2.45) is 10.7 Å². The van der Waals surface area contributed by atoms with Crippen molar-refractivity contribution < 1.29 is 33.4 Å². The van der Waals surface area contributed by atoms with Crippen molar-refractivity contribution in [1.29, 1.82) is 0 Å². The highest BCUT2D eigenvalue weighted by molar-refractivity contribution is 7.16. The number of hydrogen-bond donors (Lipinski definition) is 3. The smallest absolute Gasteiger partial charge is 0.407 e. The molecule has 40 heavy (non-hydrogen) atoms. The highest BCUT2D eigenvalue weighted by atomic mass is 32.1. The maximum absolute atomic E-state index is 13.2. The van der Waals surface area contributed by atoms with Crippen molar-refractivity contribution in [3.05, 3.63) is 52.0 Å². The molecule has 0 atom stereocenters. The number of amides is 3. The Balaban J connectivity index is 2.05. The van der Waals surface area contributed by atoms with E-state index in [4.69, 9.17) is 19.6 Å². The summed E-state index contributed by atoms with van der Waals surface area (Å²) in [5.74, 6) is -0.438. The van der Waals surface area contributed by atoms with Gasteiger partial charge in [-0.05, 0) is 39.3 Å². The Hall–Kier alpha value is -3.97. The van der Waals surface area contributed by atoms with Gasteiger partial charge in [-0.25, -0.2) is 9.78 Å². The molecule has 3 rings (SSSR count). The number of ether oxygens (including phenoxy) is 2. The minimum atomic E-state index is -0.638. The van der Waals surface area contributed by atoms with Crippen LogP contribution in [0.4, 0.5) is 4.79 Å². The summed E-state index contributed by atoms with van der Waals surface area (Å²) >= 11 is 1.18. The molecule has 2 aromatic heterocycles. The standard InChI is InChI=1S/C27H35N5O7S/c1-6-18-22(38-16(2)30-18)24(35)31-25-32(11-8-7-10-29-26(36)39-27(3,4)5)21-19(37-13-9-12-33)14-17(23(28)34)15-20(21)40-25/h7-8,14-15,33H,6,9-13H2,1-5H3,(H2,28,34)(H,29,36)/b8-7+,31-25?. The number of nitrogens with zero attached hydrogens (tertiary/aromatic N) is 3. The fourth-order valence-corrected chi connectivity index (χ4v) is 4.76. The van der Waals surface area contributed by atoms with E-state index in [1.165, 1.54) is 17.4 Å². The molecule has 3 amide bonds. The number of aliphatic hydroxyl groups is 1. The zero-order valence-electron chi connectivity index (χ0n) is 23.3. The van der Waals surface area contributed by atoms with E-state index in [0.29, 0.717) is 45.2 Å². The highest BCUT2D eigenvalue weighted by Crippen LogP contribution is 2.30. The van der Waals surface area contributed by atoms with Gasteiger partial charge in [-0.2, -0.15) is 4.99 Å². The van der Waals surface area contributed by atoms with Crippen LogP contribution in [0, 0.1) is 6.92 Å². The van der Waals surface area contributed by atoms with Gasteiger partial charge in [0, 0.05) is 38.6 Å². The average Bonchev–Trinajstić information content (AvgIpc) is 3.42. The summed E-state index contributed by atoms with van der Waals surface area (Å²) in [7, 11) is 0. The lowest BCUT2D eigenvalue weighted by atomic mass is 10.2. The van der Waals surface area contributed by atoms with Crippen LogP contribution in [0.2, 0.25) is 0 Å². The topological polar surface area (TPSA) is 171 Å². The molecule has 0 aliphatic heterocycles. The monoisotopic (exact) mass is 573 g/mol. The van der Waals surface area contributed by atoms with Gasteiger partial charge in [-0.1, -0.05) is 30.4 Å². The number of nitrogens with two attached hydrogens (primary N) is 1. The van der Waals surface area contributed by atoms with Crippen LogP contribution in [0.3, 0.4) is 0 Å². The number of oxazole rings is 1. The molecule has 0 spiro atoms. The van der Waals surface area contributed by atoms with Crippen molar-refractivity contribution in [3.8, 4) is 5.75 Å². The SMILES string of the molecule is CCc1nc(C)oc1C(=O)N=c1sc2cc(C(N)=O)cc(OCCCO)c2n1C/C=C/CNC(=O)OC(C)(C)C. The molecule has 216 valence electrons. The van der Waals surface area contributed by atoms with E-state index in [1.54, 1.807) is 50.5 Å². The van der Waals surface area contributed by atoms with Crippen molar-refractivity contribution in [3.63, 3.8) is 0 Å². The Labute approximate surface area is 235 Å². The van der Waals surface area contributed by atoms with Gasteiger partial charge in [0.25, 0.3) is 0 Å². The number of aliphatic hydroxyl groups excluding tert-OH is 1. The molecule has 0 fully saturated rings. The van der Waals surface area contributed by atoms with E-state index in [-0.39, 0.29) is 37.6 Å². The quantitative estimate of drug-likeness (QED) is 0.232. The normalized spacial score (nSPS) is 12.3. The number of carbonyl (C=O) groups excluding carboxylic acids is 3. The third-order valence-electron chi connectivity index (χ3n) is 5.33. The van der Waals surface area contributed by atoms with Gasteiger partial charge in [0.2, 0.25) is 11.7 Å². The predicted molar refractivity (Wildman–Crippen MR) is 149 cm³/mol. The second-order valence-corrected chi connectivity index (χ2v) is 10.7. The largest absolute Gasteiger partial charge is 0.491 e. The number of nitrogens with one attached hydrogen (secondary N) is 1. The van der Waals surface area contributed by atoms with Crippen LogP contribution < -0.4 is 20.6 Å². The summed E-state index contributed by atoms with van der Waals surface area (Å²) in [6.45, 7) is 9.46. The molecular formula is C27H35N5O7S. The summed E-state index contributed by atoms with van der Waals surface area (Å²) in [6, 6.07) is 3.14. The van der Waals surface area contributed by atoms with Gasteiger partial charge in [0.05, 0.1) is 17.0 Å². The third-order valence-corrected chi connectivity index (χ3v) is 6.36. The Bertz CT molecular complexity index is 1480. The Morgan fingerprint density at radius 1 is 1.27 bits per heavy atom. The first-order valence-corrected chi connectivity index (χ1v) is 13.6. The van der Waals surface area contributed by atoms with Crippen LogP contribution >= 0.6 is 11.3 Å². The molecule has 0 aliphatic carbocycles. The number of primary amides is 1. The average molecular weight is 574 g/mol. The maximum Gasteiger partial charge on any atom is 0.407 e. The van der Waals surface area contributed by atoms with Gasteiger partial charge in [-0.15, -0.1) is 0 Å². The first-order chi connectivity index (χ1) is 18.9. The first kappa shape index (κ1) is 30.6. The van der Waals surface area contributed by atoms with E-state index in [1.807, 2.05) is 6.92 Å². The van der Waals surface area contributed by atoms with E-state index in [0.717, 1.165) is 0 Å². The minimum Gasteiger partial charge on any atom is -0.491 e. The van der Waals surface area contributed by atoms with E-state index >= 15 is 0 Å². The Morgan fingerprint density at radius 2 is 2.02 bits per heavy atom. The molecule has 0 bridgehead atoms. The molecule has 0 saturated carbocycles. The number of fused-ring (bicyclic) bond motifs is 1. The number of benzene rings is 1. The zero-order chi connectivity index (χ0) is 29.4. The molecule has 12 nitrogen and oxygen atoms in total. The van der Waals surface area contributed by atoms with E-state index in [2.05, 4.69) is 15.3 Å². The van der Waals surface area contributed by atoms with Gasteiger partial charge in [-0.3, -0.25) is 9.59 Å². The first-order valence-electron chi connectivity index (χ1n) is 12.8. The van der Waals surface area contributed by atoms with Crippen LogP contribution in [0.1, 0.15) is 66.6 Å². The van der Waals surface area contributed by atoms with Gasteiger partial charge in [0.1, 0.15) is 16.9 Å². The van der Waals surface area contributed by atoms with Gasteiger partial charge >= 0.3 is 12.0 Å². The number of rotatable bonds is 11. The summed E-state index contributed by atoms with van der Waals surface area (Å²) in [5.41, 5.74) is 6.27. The molecule has 0 aliphatic rings. The fourth-order valence-electron chi connectivity index (χ4n) is 3.66. The van der Waals surface area contributed by atoms with Crippen LogP contribution in [0.25, 0.3) is 10.2 Å². The van der Waals surface area contributed by atoms with Crippen LogP contribution in [-0.4, -0.2) is 57.9 Å². The lowest BCUT2D eigenvalue weighted by molar-refractivity contribution is 0.0533. The number of allylic oxidation sites excluding steroid dienone is 1. The molecular weight excluding hydrogens is 538 g/mol. The third kappa shape index (κ3) is 8.02. The number of alkyl carbamates (subject to hydrolysis) is 1. The molecule has 3 aromatic rings. The second-order valence-electron chi connectivity index (χ2n) is 9.74. The number of hydrogen-bond acceptors (Lipinski definition) is 9. The molecule has 4 N–H and O–H groups in total. The number of thiazole rings is 1. The number of aryl methyl sites for hydroxylation is 2. The lowest BCUT2D eigenvalue weighted by Crippen LogP contribution is -2.32. The molecule has 13 heteroatoms. The Kier molecular flexibility index (Phi) is 10.2. The van der Waals surface area contributed by atoms with Crippen LogP contribution in [0.5, 0.6) is 5.75 Å². The zero-order valence-corrected chi connectivity index (χ0v) is 24.1. The number of carbonyl (C=O) groups is 3. The van der Waals surface area contributed by atoms with Crippen molar-refractivity contribution in [2.75, 3.05) is 19.8 Å². The van der Waals surface area contributed by atoms with Crippen molar-refractivity contribution >= 4 is 39.5 Å². The Morgan fingerprint density at radius 3 is 2.67 bits per heavy atom. The summed E-state index contributed by atoms with van der Waals surface area (Å²) in [4.78, 5) is 46.0. The molecule has 0 saturated heterocycles. The van der Waals surface area contributed by atoms with Gasteiger partial charge < -0.3 is 34.6 Å². The maximum atomic E-state index is 13.2. The summed E-state index contributed by atoms with van der Waals surface area (Å²) in [5, 5.41) is 11.9. The van der Waals surface area contributed by atoms with Crippen molar-refractivity contribution in [1.82, 2.24) is 14.9 Å². The molecule has 0 radical (unpaired) electrons. The van der Waals surface area contributed by atoms with E-state index in [9.17, 15) is 19.5 Å². The van der Waals surface area contributed by atoms with Crippen molar-refractivity contribution in [2.45, 2.75) is 59.6 Å². The predicted octanol–water partition coefficient (Wildman–Crippen LogP) is 3.24. The second kappa shape index (κ2) is 13.4. The van der Waals surface area contributed by atoms with Crippen LogP contribution in [0.15, 0.2) is 33.7 Å². The summed E-state index contributed by atoms with van der Waals surface area (Å²) < 4.78 is 19.1. The van der Waals surface area contributed by atoms with Crippen LogP contribution in [-0.2, 0) is 17.7 Å². The highest BCUT2D eigenvalue weighted by Gasteiger charge is 2.20. The minimum absolute atomic E-state index is 0.0679. The molecule has 2 heterocycles. The van der Waals surface area contributed by atoms with Gasteiger partial charge in [0.15, 0.2) is 10.7 Å².